The van der Waals surface area contributed by atoms with E-state index in [4.69, 9.17) is 0 Å². The number of nitrogens with one attached hydrogen (secondary N) is 1. The number of nitro benzene ring substituents is 1. The second-order valence-corrected chi connectivity index (χ2v) is 3.53. The first-order valence-electron chi connectivity index (χ1n) is 4.83. The minimum absolute atomic E-state index is 0.0505. The number of nitrogens with zero attached hydrogens (tertiary/aromatic N) is 1. The second kappa shape index (κ2) is 3.82. The molecule has 2 rings (SSSR count). The van der Waals surface area contributed by atoms with Gasteiger partial charge in [0.1, 0.15) is 5.56 Å². The van der Waals surface area contributed by atoms with E-state index in [-0.39, 0.29) is 23.2 Å². The molecular formula is C11H8N2O4. The molecule has 0 radical (unpaired) electrons. The third-order valence-corrected chi connectivity index (χ3v) is 2.51. The summed E-state index contributed by atoms with van der Waals surface area (Å²) in [6.07, 6.45) is 1.77. The summed E-state index contributed by atoms with van der Waals surface area (Å²) >= 11 is 0. The number of amides is 2. The van der Waals surface area contributed by atoms with Gasteiger partial charge in [-0.15, -0.1) is 6.58 Å². The number of hydrogen-bond donors (Lipinski definition) is 1. The van der Waals surface area contributed by atoms with Crippen LogP contribution < -0.4 is 5.32 Å². The van der Waals surface area contributed by atoms with E-state index in [1.54, 1.807) is 0 Å². The quantitative estimate of drug-likeness (QED) is 0.367. The predicted octanol–water partition coefficient (Wildman–Crippen LogP) is 1.21. The highest BCUT2D eigenvalue weighted by Crippen LogP contribution is 2.30. The molecule has 0 atom stereocenters. The summed E-state index contributed by atoms with van der Waals surface area (Å²) in [5.41, 5.74) is -0.0480. The summed E-state index contributed by atoms with van der Waals surface area (Å²) in [6.45, 7) is 3.49. The van der Waals surface area contributed by atoms with Gasteiger partial charge in [0.2, 0.25) is 0 Å². The Morgan fingerprint density at radius 3 is 2.65 bits per heavy atom. The van der Waals surface area contributed by atoms with Gasteiger partial charge in [0.15, 0.2) is 0 Å². The van der Waals surface area contributed by atoms with Gasteiger partial charge in [-0.1, -0.05) is 12.1 Å². The number of allylic oxidation sites excluding steroid dienone is 1. The van der Waals surface area contributed by atoms with Crippen LogP contribution in [0.1, 0.15) is 26.3 Å². The van der Waals surface area contributed by atoms with Gasteiger partial charge in [0, 0.05) is 5.56 Å². The molecule has 0 fully saturated rings. The van der Waals surface area contributed by atoms with Crippen molar-refractivity contribution in [1.29, 1.82) is 0 Å². The standard InChI is InChI=1S/C11H8N2O4/c1-2-3-6-4-5-7-8(9(6)13(16)17)11(15)12-10(7)14/h2,4-5H,1,3H2,(H,12,14,15). The highest BCUT2D eigenvalue weighted by molar-refractivity contribution is 6.23. The van der Waals surface area contributed by atoms with Crippen LogP contribution in [0.3, 0.4) is 0 Å². The third kappa shape index (κ3) is 1.59. The van der Waals surface area contributed by atoms with Crippen LogP contribution in [0, 0.1) is 10.1 Å². The monoisotopic (exact) mass is 232 g/mol. The van der Waals surface area contributed by atoms with Crippen LogP contribution >= 0.6 is 0 Å². The van der Waals surface area contributed by atoms with E-state index in [9.17, 15) is 19.7 Å². The molecule has 1 aliphatic rings. The maximum atomic E-state index is 11.5. The number of benzene rings is 1. The Morgan fingerprint density at radius 1 is 1.35 bits per heavy atom. The van der Waals surface area contributed by atoms with Crippen LogP contribution in [0.25, 0.3) is 0 Å². The molecule has 17 heavy (non-hydrogen) atoms. The van der Waals surface area contributed by atoms with Crippen molar-refractivity contribution in [2.45, 2.75) is 6.42 Å². The van der Waals surface area contributed by atoms with Crippen molar-refractivity contribution in [1.82, 2.24) is 5.32 Å². The molecule has 1 aromatic carbocycles. The summed E-state index contributed by atoms with van der Waals surface area (Å²) in [4.78, 5) is 33.2. The predicted molar refractivity (Wildman–Crippen MR) is 58.8 cm³/mol. The zero-order valence-electron chi connectivity index (χ0n) is 8.73. The summed E-state index contributed by atoms with van der Waals surface area (Å²) in [5, 5.41) is 13.0. The van der Waals surface area contributed by atoms with Crippen LogP contribution in [0.4, 0.5) is 5.69 Å². The van der Waals surface area contributed by atoms with E-state index in [1.165, 1.54) is 18.2 Å². The number of carbonyl (C=O) groups is 2. The van der Waals surface area contributed by atoms with Crippen molar-refractivity contribution in [2.24, 2.45) is 0 Å². The summed E-state index contributed by atoms with van der Waals surface area (Å²) in [6, 6.07) is 2.89. The van der Waals surface area contributed by atoms with Gasteiger partial charge in [-0.2, -0.15) is 0 Å². The smallest absolute Gasteiger partial charge is 0.286 e. The average Bonchev–Trinajstić information content (AvgIpc) is 2.54. The minimum Gasteiger partial charge on any atom is -0.288 e. The molecule has 86 valence electrons. The minimum atomic E-state index is -0.720. The average molecular weight is 232 g/mol. The summed E-state index contributed by atoms with van der Waals surface area (Å²) in [7, 11) is 0. The highest BCUT2D eigenvalue weighted by Gasteiger charge is 2.36. The number of imide groups is 1. The fraction of sp³-hybridized carbons (Fsp3) is 0.0909. The van der Waals surface area contributed by atoms with Crippen LogP contribution in [0.15, 0.2) is 24.8 Å². The Balaban J connectivity index is 2.74. The van der Waals surface area contributed by atoms with Crippen molar-refractivity contribution in [2.75, 3.05) is 0 Å². The Hall–Kier alpha value is -2.50. The van der Waals surface area contributed by atoms with E-state index in [2.05, 4.69) is 6.58 Å². The number of rotatable bonds is 3. The molecule has 6 heteroatoms. The van der Waals surface area contributed by atoms with E-state index in [0.717, 1.165) is 0 Å². The second-order valence-electron chi connectivity index (χ2n) is 3.53. The fourth-order valence-corrected chi connectivity index (χ4v) is 1.82. The molecule has 0 aliphatic carbocycles. The SMILES string of the molecule is C=CCc1ccc2c(c1[N+](=O)[O-])C(=O)NC2=O. The molecule has 0 bridgehead atoms. The van der Waals surface area contributed by atoms with Gasteiger partial charge in [-0.3, -0.25) is 25.0 Å². The van der Waals surface area contributed by atoms with Gasteiger partial charge in [-0.25, -0.2) is 0 Å². The van der Waals surface area contributed by atoms with Crippen molar-refractivity contribution in [3.05, 3.63) is 51.6 Å². The van der Waals surface area contributed by atoms with Crippen LogP contribution in [-0.2, 0) is 6.42 Å². The number of fused-ring (bicyclic) bond motifs is 1. The molecule has 6 nitrogen and oxygen atoms in total. The molecule has 0 saturated heterocycles. The fourth-order valence-electron chi connectivity index (χ4n) is 1.82. The first-order chi connectivity index (χ1) is 8.06. The van der Waals surface area contributed by atoms with Gasteiger partial charge in [0.05, 0.1) is 10.5 Å². The lowest BCUT2D eigenvalue weighted by atomic mass is 10.0. The molecule has 1 heterocycles. The van der Waals surface area contributed by atoms with Gasteiger partial charge < -0.3 is 0 Å². The molecule has 2 amide bonds. The number of nitro groups is 1. The summed E-state index contributed by atoms with van der Waals surface area (Å²) in [5.74, 6) is -1.32. The maximum absolute atomic E-state index is 11.5. The van der Waals surface area contributed by atoms with Crippen molar-refractivity contribution in [3.63, 3.8) is 0 Å². The first kappa shape index (κ1) is 11.0. The molecular weight excluding hydrogens is 224 g/mol. The summed E-state index contributed by atoms with van der Waals surface area (Å²) < 4.78 is 0. The third-order valence-electron chi connectivity index (χ3n) is 2.51. The van der Waals surface area contributed by atoms with Crippen LogP contribution in [0.5, 0.6) is 0 Å². The van der Waals surface area contributed by atoms with Crippen LogP contribution in [-0.4, -0.2) is 16.7 Å². The Bertz CT molecular complexity index is 563. The van der Waals surface area contributed by atoms with E-state index < -0.39 is 16.7 Å². The zero-order valence-corrected chi connectivity index (χ0v) is 8.73. The van der Waals surface area contributed by atoms with Crippen LogP contribution in [0.2, 0.25) is 0 Å². The van der Waals surface area contributed by atoms with E-state index in [1.807, 2.05) is 5.32 Å². The highest BCUT2D eigenvalue weighted by atomic mass is 16.6. The van der Waals surface area contributed by atoms with Gasteiger partial charge in [-0.05, 0) is 12.5 Å². The van der Waals surface area contributed by atoms with E-state index >= 15 is 0 Å². The lowest BCUT2D eigenvalue weighted by Gasteiger charge is -2.02. The lowest BCUT2D eigenvalue weighted by Crippen LogP contribution is -2.20. The molecule has 0 saturated carbocycles. The Kier molecular flexibility index (Phi) is 2.47. The topological polar surface area (TPSA) is 89.3 Å². The number of carbonyl (C=O) groups excluding carboxylic acids is 2. The van der Waals surface area contributed by atoms with Crippen molar-refractivity contribution < 1.29 is 14.5 Å². The van der Waals surface area contributed by atoms with Gasteiger partial charge >= 0.3 is 0 Å². The molecule has 0 spiro atoms. The largest absolute Gasteiger partial charge is 0.288 e. The lowest BCUT2D eigenvalue weighted by molar-refractivity contribution is -0.385. The zero-order chi connectivity index (χ0) is 12.6. The Morgan fingerprint density at radius 2 is 2.06 bits per heavy atom. The molecule has 1 aliphatic heterocycles. The molecule has 1 N–H and O–H groups in total. The Labute approximate surface area is 96.1 Å². The van der Waals surface area contributed by atoms with Crippen molar-refractivity contribution in [3.8, 4) is 0 Å². The molecule has 1 aromatic rings. The molecule has 0 aromatic heterocycles. The maximum Gasteiger partial charge on any atom is 0.286 e. The number of hydrogen-bond acceptors (Lipinski definition) is 4. The molecule has 0 unspecified atom stereocenters. The van der Waals surface area contributed by atoms with E-state index in [0.29, 0.717) is 5.56 Å². The van der Waals surface area contributed by atoms with Gasteiger partial charge in [0.25, 0.3) is 17.5 Å². The normalized spacial score (nSPS) is 13.2. The first-order valence-corrected chi connectivity index (χ1v) is 4.83. The van der Waals surface area contributed by atoms with Crippen molar-refractivity contribution >= 4 is 17.5 Å².